The summed E-state index contributed by atoms with van der Waals surface area (Å²) in [5, 5.41) is 120. The molecule has 87 heavy (non-hydrogen) atoms. The first-order chi connectivity index (χ1) is 42.3. The van der Waals surface area contributed by atoms with Crippen molar-refractivity contribution in [3.8, 4) is 0 Å². The van der Waals surface area contributed by atoms with Crippen LogP contribution in [0.15, 0.2) is 60.8 Å². The predicted octanol–water partition coefficient (Wildman–Crippen LogP) is 8.38. The Balaban J connectivity index is 1.48. The fourth-order valence-corrected chi connectivity index (χ4v) is 11.2. The Bertz CT molecular complexity index is 1820. The summed E-state index contributed by atoms with van der Waals surface area (Å²) in [4.78, 5) is 13.4. The lowest BCUT2D eigenvalue weighted by atomic mass is 9.96. The van der Waals surface area contributed by atoms with Crippen LogP contribution in [0.1, 0.15) is 232 Å². The Labute approximate surface area is 522 Å². The molecule has 12 N–H and O–H groups in total. The molecule has 0 aromatic carbocycles. The summed E-state index contributed by atoms with van der Waals surface area (Å²) in [6.07, 6.45) is 33.3. The van der Waals surface area contributed by atoms with Crippen molar-refractivity contribution in [2.24, 2.45) is 0 Å². The number of ether oxygens (including phenoxy) is 6. The van der Waals surface area contributed by atoms with Crippen LogP contribution in [0.2, 0.25) is 0 Å². The molecule has 3 rings (SSSR count). The van der Waals surface area contributed by atoms with E-state index in [2.05, 4.69) is 67.8 Å². The number of amides is 1. The molecule has 17 unspecified atom stereocenters. The van der Waals surface area contributed by atoms with E-state index in [9.17, 15) is 61.0 Å². The maximum absolute atomic E-state index is 13.4. The van der Waals surface area contributed by atoms with Gasteiger partial charge in [-0.1, -0.05) is 209 Å². The van der Waals surface area contributed by atoms with E-state index >= 15 is 0 Å². The Hall–Kier alpha value is -2.51. The van der Waals surface area contributed by atoms with Gasteiger partial charge in [0.25, 0.3) is 0 Å². The predicted molar refractivity (Wildman–Crippen MR) is 337 cm³/mol. The van der Waals surface area contributed by atoms with Crippen molar-refractivity contribution < 1.29 is 89.4 Å². The molecule has 506 valence electrons. The number of allylic oxidation sites excluding steroid dienone is 9. The molecular weight excluding hydrogens is 1120 g/mol. The molecule has 3 heterocycles. The van der Waals surface area contributed by atoms with Gasteiger partial charge in [-0.15, -0.1) is 0 Å². The van der Waals surface area contributed by atoms with Crippen molar-refractivity contribution in [3.63, 3.8) is 0 Å². The highest BCUT2D eigenvalue weighted by molar-refractivity contribution is 5.76. The number of rotatable bonds is 51. The molecule has 17 atom stereocenters. The van der Waals surface area contributed by atoms with Gasteiger partial charge < -0.3 is 89.9 Å². The van der Waals surface area contributed by atoms with Crippen LogP contribution in [0.25, 0.3) is 0 Å². The maximum atomic E-state index is 13.4. The SMILES string of the molecule is CCCCCCC/C=C\C/C=C\CCCCCCCCCCCC(=O)NC(COC1OC(CO)C(OC2OC(CO)C(OC3OC(CO)C(O)C(O)C3O)C(O)C2O)C(O)C1O)C(O)/C=C/CC/C=C/CC/C=C/CCCCCCCCCCCCC. The van der Waals surface area contributed by atoms with E-state index < -0.39 is 124 Å². The Kier molecular flexibility index (Phi) is 45.3. The summed E-state index contributed by atoms with van der Waals surface area (Å²) < 4.78 is 34.3. The van der Waals surface area contributed by atoms with E-state index in [4.69, 9.17) is 28.4 Å². The smallest absolute Gasteiger partial charge is 0.220 e. The van der Waals surface area contributed by atoms with E-state index in [0.717, 1.165) is 64.2 Å². The van der Waals surface area contributed by atoms with Gasteiger partial charge >= 0.3 is 0 Å². The second kappa shape index (κ2) is 50.1. The second-order valence-electron chi connectivity index (χ2n) is 24.3. The summed E-state index contributed by atoms with van der Waals surface area (Å²) in [6, 6.07) is -1.00. The zero-order valence-electron chi connectivity index (χ0n) is 53.2. The van der Waals surface area contributed by atoms with Gasteiger partial charge in [0.2, 0.25) is 5.91 Å². The van der Waals surface area contributed by atoms with Gasteiger partial charge in [-0.2, -0.15) is 0 Å². The molecular formula is C68H121NO18. The van der Waals surface area contributed by atoms with Crippen LogP contribution in [0.3, 0.4) is 0 Å². The van der Waals surface area contributed by atoms with E-state index in [-0.39, 0.29) is 18.9 Å². The first-order valence-corrected chi connectivity index (χ1v) is 34.0. The largest absolute Gasteiger partial charge is 0.394 e. The van der Waals surface area contributed by atoms with Gasteiger partial charge in [0.1, 0.15) is 73.2 Å². The number of hydrogen-bond donors (Lipinski definition) is 12. The number of hydrogen-bond acceptors (Lipinski definition) is 18. The minimum atomic E-state index is -1.98. The molecule has 3 aliphatic rings. The van der Waals surface area contributed by atoms with Crippen LogP contribution < -0.4 is 5.32 Å². The van der Waals surface area contributed by atoms with Gasteiger partial charge in [0.15, 0.2) is 18.9 Å². The van der Waals surface area contributed by atoms with Crippen LogP contribution in [-0.4, -0.2) is 193 Å². The summed E-state index contributed by atoms with van der Waals surface area (Å²) in [5.41, 5.74) is 0. The number of carbonyl (C=O) groups excluding carboxylic acids is 1. The van der Waals surface area contributed by atoms with Gasteiger partial charge in [-0.05, 0) is 77.0 Å². The highest BCUT2D eigenvalue weighted by Crippen LogP contribution is 2.33. The Morgan fingerprint density at radius 2 is 0.770 bits per heavy atom. The van der Waals surface area contributed by atoms with Crippen LogP contribution >= 0.6 is 0 Å². The summed E-state index contributed by atoms with van der Waals surface area (Å²) >= 11 is 0. The van der Waals surface area contributed by atoms with Crippen LogP contribution in [0.5, 0.6) is 0 Å². The molecule has 0 aromatic rings. The maximum Gasteiger partial charge on any atom is 0.220 e. The number of aliphatic hydroxyl groups is 11. The molecule has 1 amide bonds. The second-order valence-corrected chi connectivity index (χ2v) is 24.3. The minimum absolute atomic E-state index is 0.225. The zero-order valence-corrected chi connectivity index (χ0v) is 53.2. The molecule has 0 bridgehead atoms. The number of unbranched alkanes of at least 4 members (excludes halogenated alkanes) is 27. The minimum Gasteiger partial charge on any atom is -0.394 e. The van der Waals surface area contributed by atoms with Crippen LogP contribution in [-0.2, 0) is 33.2 Å². The molecule has 0 saturated carbocycles. The summed E-state index contributed by atoms with van der Waals surface area (Å²) in [6.45, 7) is 1.69. The van der Waals surface area contributed by atoms with Crippen molar-refractivity contribution in [2.45, 2.75) is 336 Å². The fourth-order valence-electron chi connectivity index (χ4n) is 11.2. The van der Waals surface area contributed by atoms with E-state index in [1.165, 1.54) is 135 Å². The molecule has 0 spiro atoms. The van der Waals surface area contributed by atoms with Crippen molar-refractivity contribution in [3.05, 3.63) is 60.8 Å². The molecule has 0 aromatic heterocycles. The van der Waals surface area contributed by atoms with E-state index in [0.29, 0.717) is 12.8 Å². The standard InChI is InChI=1S/C68H121NO18/c1-3-5-7-9-11-13-15-17-19-21-23-25-27-29-31-33-35-37-39-41-43-45-52(73)51(69-56(74)46-44-42-40-38-36-34-32-30-28-26-24-22-20-18-16-14-12-10-8-6-4-2)50-82-66-62(80)59(77)64(54(48-71)84-66)87-68-63(81)60(78)65(55(49-72)85-68)86-67-61(79)58(76)57(75)53(47-70)83-67/h16,18,22,24,27,29,35,37,43,45,51-55,57-68,70-73,75-81H,3-15,17,19-21,23,25-26,28,30-34,36,38-42,44,46-50H2,1-2H3,(H,69,74)/b18-16-,24-22-,29-27+,37-35+,45-43+. The summed E-state index contributed by atoms with van der Waals surface area (Å²) in [7, 11) is 0. The van der Waals surface area contributed by atoms with Crippen molar-refractivity contribution >= 4 is 5.91 Å². The van der Waals surface area contributed by atoms with E-state index in [1.807, 2.05) is 6.08 Å². The fraction of sp³-hybridized carbons (Fsp3) is 0.838. The Morgan fingerprint density at radius 3 is 1.22 bits per heavy atom. The highest BCUT2D eigenvalue weighted by Gasteiger charge is 2.53. The van der Waals surface area contributed by atoms with E-state index in [1.54, 1.807) is 6.08 Å². The lowest BCUT2D eigenvalue weighted by Gasteiger charge is -2.48. The quantitative estimate of drug-likeness (QED) is 0.0201. The Morgan fingerprint density at radius 1 is 0.414 bits per heavy atom. The molecule has 0 aliphatic carbocycles. The van der Waals surface area contributed by atoms with Crippen molar-refractivity contribution in [2.75, 3.05) is 26.4 Å². The number of nitrogens with one attached hydrogen (secondary N) is 1. The highest BCUT2D eigenvalue weighted by atomic mass is 16.8. The number of aliphatic hydroxyl groups excluding tert-OH is 11. The third-order valence-corrected chi connectivity index (χ3v) is 16.8. The van der Waals surface area contributed by atoms with Gasteiger partial charge in [-0.3, -0.25) is 4.79 Å². The topological polar surface area (TPSA) is 307 Å². The summed E-state index contributed by atoms with van der Waals surface area (Å²) in [5.74, 6) is -0.295. The average Bonchev–Trinajstić information content (AvgIpc) is 2.40. The van der Waals surface area contributed by atoms with Crippen LogP contribution in [0, 0.1) is 0 Å². The number of carbonyl (C=O) groups is 1. The zero-order chi connectivity index (χ0) is 63.3. The molecule has 3 aliphatic heterocycles. The van der Waals surface area contributed by atoms with Gasteiger partial charge in [-0.25, -0.2) is 0 Å². The average molecular weight is 1240 g/mol. The monoisotopic (exact) mass is 1240 g/mol. The first kappa shape index (κ1) is 78.7. The normalized spacial score (nSPS) is 29.0. The lowest BCUT2D eigenvalue weighted by Crippen LogP contribution is -2.66. The van der Waals surface area contributed by atoms with Crippen LogP contribution in [0.4, 0.5) is 0 Å². The molecule has 19 heteroatoms. The van der Waals surface area contributed by atoms with Gasteiger partial charge in [0, 0.05) is 6.42 Å². The van der Waals surface area contributed by atoms with Crippen molar-refractivity contribution in [1.82, 2.24) is 5.32 Å². The molecule has 19 nitrogen and oxygen atoms in total. The van der Waals surface area contributed by atoms with Gasteiger partial charge in [0.05, 0.1) is 38.6 Å². The van der Waals surface area contributed by atoms with Crippen molar-refractivity contribution in [1.29, 1.82) is 0 Å². The third-order valence-electron chi connectivity index (χ3n) is 16.8. The molecule has 3 saturated heterocycles. The third kappa shape index (κ3) is 32.6. The molecule has 3 fully saturated rings. The molecule has 0 radical (unpaired) electrons. The first-order valence-electron chi connectivity index (χ1n) is 34.0. The lowest BCUT2D eigenvalue weighted by molar-refractivity contribution is -0.379.